The first-order chi connectivity index (χ1) is 18.0. The quantitative estimate of drug-likeness (QED) is 0.122. The highest BCUT2D eigenvalue weighted by atomic mass is 35.5. The topological polar surface area (TPSA) is 84.2 Å². The van der Waals surface area contributed by atoms with Crippen LogP contribution >= 0.6 is 34.8 Å². The van der Waals surface area contributed by atoms with E-state index >= 15 is 0 Å². The van der Waals surface area contributed by atoms with E-state index in [-0.39, 0.29) is 21.8 Å². The Morgan fingerprint density at radius 2 is 1.56 bits per heavy atom. The van der Waals surface area contributed by atoms with Gasteiger partial charge in [0.05, 0.1) is 33.4 Å². The second-order valence-electron chi connectivity index (χ2n) is 8.46. The highest BCUT2D eigenvalue weighted by Gasteiger charge is 2.67. The number of carbonyl (C=O) groups is 2. The number of rotatable bonds is 5. The first kappa shape index (κ1) is 28.8. The van der Waals surface area contributed by atoms with E-state index in [1.54, 1.807) is 0 Å². The summed E-state index contributed by atoms with van der Waals surface area (Å²) in [6, 6.07) is 6.27. The molecule has 2 atom stereocenters. The maximum absolute atomic E-state index is 14.0. The summed E-state index contributed by atoms with van der Waals surface area (Å²) >= 11 is 18.3. The number of halogens is 10. The Bertz CT molecular complexity index is 1520. The van der Waals surface area contributed by atoms with Crippen LogP contribution in [0.4, 0.5) is 47.8 Å². The van der Waals surface area contributed by atoms with Crippen molar-refractivity contribution in [1.82, 2.24) is 0 Å². The van der Waals surface area contributed by atoms with E-state index in [2.05, 4.69) is 5.32 Å². The van der Waals surface area contributed by atoms with Gasteiger partial charge >= 0.3 is 6.18 Å². The highest BCUT2D eigenvalue weighted by Crippen LogP contribution is 2.65. The van der Waals surface area contributed by atoms with Crippen LogP contribution in [0.3, 0.4) is 0 Å². The number of anilines is 3. The van der Waals surface area contributed by atoms with Crippen LogP contribution < -0.4 is 16.4 Å². The summed E-state index contributed by atoms with van der Waals surface area (Å²) in [6.45, 7) is 0. The fraction of sp³-hybridized carbons (Fsp3) is 0.167. The number of nitrogens with two attached hydrogens (primary N) is 1. The lowest BCUT2D eigenvalue weighted by Gasteiger charge is -2.12. The van der Waals surface area contributed by atoms with Crippen LogP contribution in [-0.2, 0) is 11.0 Å². The SMILES string of the molecule is Nc1cc(NC(=O)c2cc(NC(=O)[C@H]3[C@H](c4ccc(F)c(C(F)(F)F)c4)C3(Cl)Cl)ccc2Cl)c(F)c(F)c1F. The van der Waals surface area contributed by atoms with E-state index < -0.39 is 74.4 Å². The molecule has 15 heteroatoms. The standard InChI is InChI=1S/C24H13Cl3F7N3O2/c25-12-3-2-9(6-10(12)21(38)37-15-7-14(35)18(29)20(31)19(15)30)36-22(39)17-16(23(17,26)27)8-1-4-13(28)11(5-8)24(32,33)34/h1-7,16-17H,35H2,(H,36,39)(H,37,38)/t16-,17+/m0/s1. The fourth-order valence-corrected chi connectivity index (χ4v) is 4.95. The van der Waals surface area contributed by atoms with E-state index in [9.17, 15) is 40.3 Å². The third-order valence-corrected chi connectivity index (χ3v) is 7.16. The second kappa shape index (κ2) is 10.1. The molecule has 0 unspecified atom stereocenters. The van der Waals surface area contributed by atoms with Crippen molar-refractivity contribution in [1.29, 1.82) is 0 Å². The average Bonchev–Trinajstić information content (AvgIpc) is 3.43. The molecule has 0 spiro atoms. The van der Waals surface area contributed by atoms with E-state index in [0.29, 0.717) is 18.2 Å². The monoisotopic (exact) mass is 613 g/mol. The maximum atomic E-state index is 14.0. The van der Waals surface area contributed by atoms with Crippen molar-refractivity contribution in [3.05, 3.63) is 87.4 Å². The minimum Gasteiger partial charge on any atom is -0.396 e. The molecule has 0 saturated heterocycles. The Balaban J connectivity index is 1.54. The van der Waals surface area contributed by atoms with Gasteiger partial charge in [0.1, 0.15) is 10.2 Å². The Morgan fingerprint density at radius 1 is 0.897 bits per heavy atom. The summed E-state index contributed by atoms with van der Waals surface area (Å²) < 4.78 is 92.3. The first-order valence-electron chi connectivity index (χ1n) is 10.6. The lowest BCUT2D eigenvalue weighted by atomic mass is 10.0. The molecule has 3 aromatic carbocycles. The predicted octanol–water partition coefficient (Wildman–Crippen LogP) is 7.28. The van der Waals surface area contributed by atoms with E-state index in [1.165, 1.54) is 12.1 Å². The van der Waals surface area contributed by atoms with E-state index in [0.717, 1.165) is 12.1 Å². The van der Waals surface area contributed by atoms with Crippen LogP contribution in [-0.4, -0.2) is 16.1 Å². The number of nitrogen functional groups attached to an aromatic ring is 1. The molecule has 1 aliphatic rings. The van der Waals surface area contributed by atoms with Crippen molar-refractivity contribution in [2.45, 2.75) is 16.4 Å². The molecule has 1 aliphatic carbocycles. The molecule has 39 heavy (non-hydrogen) atoms. The van der Waals surface area contributed by atoms with Crippen LogP contribution in [0.2, 0.25) is 5.02 Å². The number of benzene rings is 3. The summed E-state index contributed by atoms with van der Waals surface area (Å²) in [5.41, 5.74) is 1.64. The molecule has 0 aromatic heterocycles. The molecule has 0 radical (unpaired) electrons. The van der Waals surface area contributed by atoms with Gasteiger partial charge in [0.15, 0.2) is 17.5 Å². The predicted molar refractivity (Wildman–Crippen MR) is 131 cm³/mol. The van der Waals surface area contributed by atoms with Gasteiger partial charge in [0.25, 0.3) is 5.91 Å². The van der Waals surface area contributed by atoms with Crippen molar-refractivity contribution < 1.29 is 40.3 Å². The van der Waals surface area contributed by atoms with E-state index in [1.807, 2.05) is 5.32 Å². The maximum Gasteiger partial charge on any atom is 0.419 e. The molecule has 4 N–H and O–H groups in total. The molecule has 0 heterocycles. The van der Waals surface area contributed by atoms with Gasteiger partial charge in [-0.1, -0.05) is 17.7 Å². The summed E-state index contributed by atoms with van der Waals surface area (Å²) in [5, 5.41) is 4.21. The lowest BCUT2D eigenvalue weighted by molar-refractivity contribution is -0.140. The number of nitrogens with one attached hydrogen (secondary N) is 2. The zero-order valence-electron chi connectivity index (χ0n) is 18.9. The normalized spacial score (nSPS) is 18.0. The third-order valence-electron chi connectivity index (χ3n) is 5.89. The Kier molecular flexibility index (Phi) is 7.43. The second-order valence-corrected chi connectivity index (χ2v) is 10.3. The number of carbonyl (C=O) groups excluding carboxylic acids is 2. The third kappa shape index (κ3) is 5.45. The van der Waals surface area contributed by atoms with Crippen LogP contribution in [0.1, 0.15) is 27.4 Å². The largest absolute Gasteiger partial charge is 0.419 e. The summed E-state index contributed by atoms with van der Waals surface area (Å²) in [7, 11) is 0. The molecular weight excluding hydrogens is 602 g/mol. The molecule has 0 aliphatic heterocycles. The minimum absolute atomic E-state index is 0.0512. The molecule has 1 saturated carbocycles. The van der Waals surface area contributed by atoms with E-state index in [4.69, 9.17) is 40.5 Å². The smallest absolute Gasteiger partial charge is 0.396 e. The van der Waals surface area contributed by atoms with Crippen molar-refractivity contribution in [2.24, 2.45) is 5.92 Å². The number of alkyl halides is 5. The van der Waals surface area contributed by atoms with Gasteiger partial charge in [-0.3, -0.25) is 9.59 Å². The van der Waals surface area contributed by atoms with Crippen LogP contribution in [0.5, 0.6) is 0 Å². The zero-order chi connectivity index (χ0) is 29.0. The first-order valence-corrected chi connectivity index (χ1v) is 11.8. The number of hydrogen-bond acceptors (Lipinski definition) is 3. The molecule has 206 valence electrons. The number of hydrogen-bond donors (Lipinski definition) is 3. The summed E-state index contributed by atoms with van der Waals surface area (Å²) in [6.07, 6.45) is -5.00. The molecule has 5 nitrogen and oxygen atoms in total. The van der Waals surface area contributed by atoms with Gasteiger partial charge in [0.2, 0.25) is 5.91 Å². The molecule has 3 aromatic rings. The fourth-order valence-electron chi connectivity index (χ4n) is 3.92. The van der Waals surface area contributed by atoms with Crippen molar-refractivity contribution >= 4 is 63.7 Å². The Labute approximate surface area is 230 Å². The van der Waals surface area contributed by atoms with Gasteiger partial charge in [-0.25, -0.2) is 17.6 Å². The van der Waals surface area contributed by atoms with Crippen LogP contribution in [0.25, 0.3) is 0 Å². The molecule has 0 bridgehead atoms. The molecule has 2 amide bonds. The average molecular weight is 615 g/mol. The lowest BCUT2D eigenvalue weighted by Crippen LogP contribution is -2.19. The molecule has 4 rings (SSSR count). The summed E-state index contributed by atoms with van der Waals surface area (Å²) in [4.78, 5) is 25.5. The van der Waals surface area contributed by atoms with Crippen molar-refractivity contribution in [3.8, 4) is 0 Å². The van der Waals surface area contributed by atoms with Gasteiger partial charge in [-0.2, -0.15) is 13.2 Å². The van der Waals surface area contributed by atoms with Gasteiger partial charge in [0, 0.05) is 11.6 Å². The zero-order valence-corrected chi connectivity index (χ0v) is 21.1. The molecular formula is C24H13Cl3F7N3O2. The van der Waals surface area contributed by atoms with Crippen LogP contribution in [0, 0.1) is 29.2 Å². The van der Waals surface area contributed by atoms with Crippen molar-refractivity contribution in [2.75, 3.05) is 16.4 Å². The Morgan fingerprint density at radius 3 is 2.21 bits per heavy atom. The van der Waals surface area contributed by atoms with Gasteiger partial charge < -0.3 is 16.4 Å². The van der Waals surface area contributed by atoms with Gasteiger partial charge in [-0.15, -0.1) is 23.2 Å². The van der Waals surface area contributed by atoms with Gasteiger partial charge in [-0.05, 0) is 42.0 Å². The van der Waals surface area contributed by atoms with Crippen LogP contribution in [0.15, 0.2) is 42.5 Å². The summed E-state index contributed by atoms with van der Waals surface area (Å²) in [5.74, 6) is -11.1. The highest BCUT2D eigenvalue weighted by molar-refractivity contribution is 6.53. The Hall–Kier alpha value is -3.22. The minimum atomic E-state index is -5.00. The van der Waals surface area contributed by atoms with Crippen molar-refractivity contribution in [3.63, 3.8) is 0 Å². The molecule has 1 fully saturated rings. The number of amides is 2.